The van der Waals surface area contributed by atoms with Crippen molar-refractivity contribution in [1.29, 1.82) is 0 Å². The van der Waals surface area contributed by atoms with E-state index in [-0.39, 0.29) is 29.9 Å². The molecular formula is C12H16ClNO3. The summed E-state index contributed by atoms with van der Waals surface area (Å²) in [5, 5.41) is 9.66. The van der Waals surface area contributed by atoms with Gasteiger partial charge in [0.15, 0.2) is 11.5 Å². The van der Waals surface area contributed by atoms with E-state index in [0.29, 0.717) is 5.92 Å². The Balaban J connectivity index is 0.00000144. The lowest BCUT2D eigenvalue weighted by Gasteiger charge is -2.12. The monoisotopic (exact) mass is 257 g/mol. The number of carbonyl (C=O) groups is 1. The normalized spacial score (nSPS) is 15.9. The van der Waals surface area contributed by atoms with Gasteiger partial charge in [-0.25, -0.2) is 0 Å². The Labute approximate surface area is 106 Å². The fourth-order valence-electron chi connectivity index (χ4n) is 1.71. The number of halogens is 1. The third kappa shape index (κ3) is 3.35. The number of ether oxygens (including phenoxy) is 1. The first kappa shape index (κ1) is 13.8. The number of hydrogen-bond donors (Lipinski definition) is 2. The van der Waals surface area contributed by atoms with E-state index in [4.69, 9.17) is 10.5 Å². The lowest BCUT2D eigenvalue weighted by Crippen LogP contribution is -2.12. The van der Waals surface area contributed by atoms with Crippen molar-refractivity contribution in [1.82, 2.24) is 0 Å². The van der Waals surface area contributed by atoms with Crippen LogP contribution in [0.5, 0.6) is 11.5 Å². The van der Waals surface area contributed by atoms with Crippen LogP contribution in [0.25, 0.3) is 0 Å². The van der Waals surface area contributed by atoms with Crippen LogP contribution in [0.3, 0.4) is 0 Å². The van der Waals surface area contributed by atoms with Crippen LogP contribution >= 0.6 is 12.4 Å². The average Bonchev–Trinajstić information content (AvgIpc) is 3.03. The van der Waals surface area contributed by atoms with Crippen LogP contribution in [0.15, 0.2) is 18.2 Å². The Morgan fingerprint density at radius 1 is 1.53 bits per heavy atom. The molecule has 0 bridgehead atoms. The number of nitrogens with two attached hydrogens (primary N) is 1. The predicted octanol–water partition coefficient (Wildman–Crippen LogP) is 2.15. The summed E-state index contributed by atoms with van der Waals surface area (Å²) >= 11 is 0. The highest BCUT2D eigenvalue weighted by molar-refractivity contribution is 5.85. The third-order valence-electron chi connectivity index (χ3n) is 2.75. The molecule has 0 aromatic heterocycles. The van der Waals surface area contributed by atoms with E-state index in [9.17, 15) is 9.90 Å². The molecule has 0 saturated heterocycles. The zero-order valence-electron chi connectivity index (χ0n) is 9.55. The zero-order valence-corrected chi connectivity index (χ0v) is 10.4. The first-order chi connectivity index (χ1) is 7.58. The van der Waals surface area contributed by atoms with Gasteiger partial charge in [0.25, 0.3) is 0 Å². The molecule has 1 atom stereocenters. The van der Waals surface area contributed by atoms with Crippen molar-refractivity contribution in [2.24, 2.45) is 11.7 Å². The highest BCUT2D eigenvalue weighted by Gasteiger charge is 2.29. The molecule has 2 rings (SSSR count). The minimum absolute atomic E-state index is 0. The number of aromatic hydroxyl groups is 1. The quantitative estimate of drug-likeness (QED) is 0.643. The molecule has 0 aliphatic heterocycles. The molecule has 1 aliphatic rings. The molecule has 0 heterocycles. The second kappa shape index (κ2) is 5.38. The van der Waals surface area contributed by atoms with Gasteiger partial charge in [-0.3, -0.25) is 4.79 Å². The maximum Gasteiger partial charge on any atom is 0.308 e. The van der Waals surface area contributed by atoms with Gasteiger partial charge in [-0.05, 0) is 36.5 Å². The SMILES string of the molecule is CC(=O)Oc1ccc([C@@H](N)C2CC2)cc1O.Cl. The number of rotatable bonds is 3. The van der Waals surface area contributed by atoms with Gasteiger partial charge in [0.1, 0.15) is 0 Å². The Morgan fingerprint density at radius 2 is 2.18 bits per heavy atom. The van der Waals surface area contributed by atoms with Crippen LogP contribution < -0.4 is 10.5 Å². The largest absolute Gasteiger partial charge is 0.504 e. The van der Waals surface area contributed by atoms with Crippen molar-refractivity contribution in [3.05, 3.63) is 23.8 Å². The van der Waals surface area contributed by atoms with Crippen LogP contribution in [-0.4, -0.2) is 11.1 Å². The van der Waals surface area contributed by atoms with E-state index in [1.165, 1.54) is 6.92 Å². The summed E-state index contributed by atoms with van der Waals surface area (Å²) in [6, 6.07) is 4.91. The Kier molecular flexibility index (Phi) is 4.37. The smallest absolute Gasteiger partial charge is 0.308 e. The van der Waals surface area contributed by atoms with Gasteiger partial charge in [0.05, 0.1) is 0 Å². The van der Waals surface area contributed by atoms with Crippen molar-refractivity contribution >= 4 is 18.4 Å². The van der Waals surface area contributed by atoms with Crippen molar-refractivity contribution < 1.29 is 14.6 Å². The van der Waals surface area contributed by atoms with Crippen LogP contribution in [0.1, 0.15) is 31.4 Å². The Bertz CT molecular complexity index is 418. The predicted molar refractivity (Wildman–Crippen MR) is 66.3 cm³/mol. The summed E-state index contributed by atoms with van der Waals surface area (Å²) in [5.41, 5.74) is 6.89. The molecule has 1 aromatic rings. The molecule has 3 N–H and O–H groups in total. The summed E-state index contributed by atoms with van der Waals surface area (Å²) in [4.78, 5) is 10.7. The first-order valence-electron chi connectivity index (χ1n) is 5.35. The minimum atomic E-state index is -0.449. The summed E-state index contributed by atoms with van der Waals surface area (Å²) in [7, 11) is 0. The summed E-state index contributed by atoms with van der Waals surface area (Å²) in [6.07, 6.45) is 2.29. The van der Waals surface area contributed by atoms with E-state index in [1.807, 2.05) is 0 Å². The molecule has 0 amide bonds. The zero-order chi connectivity index (χ0) is 11.7. The fourth-order valence-corrected chi connectivity index (χ4v) is 1.71. The Morgan fingerprint density at radius 3 is 2.65 bits per heavy atom. The summed E-state index contributed by atoms with van der Waals surface area (Å²) < 4.78 is 4.83. The summed E-state index contributed by atoms with van der Waals surface area (Å²) in [6.45, 7) is 1.29. The molecule has 1 aromatic carbocycles. The third-order valence-corrected chi connectivity index (χ3v) is 2.75. The molecule has 0 spiro atoms. The second-order valence-electron chi connectivity index (χ2n) is 4.18. The maximum atomic E-state index is 10.7. The standard InChI is InChI=1S/C12H15NO3.ClH/c1-7(14)16-11-5-4-9(6-10(11)15)12(13)8-2-3-8;/h4-6,8,12,15H,2-3,13H2,1H3;1H/t12-;/m0./s1. The Hall–Kier alpha value is -1.26. The van der Waals surface area contributed by atoms with Gasteiger partial charge < -0.3 is 15.6 Å². The molecule has 17 heavy (non-hydrogen) atoms. The van der Waals surface area contributed by atoms with E-state index in [2.05, 4.69) is 0 Å². The molecule has 4 nitrogen and oxygen atoms in total. The van der Waals surface area contributed by atoms with Crippen LogP contribution in [0.4, 0.5) is 0 Å². The van der Waals surface area contributed by atoms with Crippen molar-refractivity contribution in [2.45, 2.75) is 25.8 Å². The highest BCUT2D eigenvalue weighted by atomic mass is 35.5. The van der Waals surface area contributed by atoms with Gasteiger partial charge in [-0.2, -0.15) is 0 Å². The van der Waals surface area contributed by atoms with Gasteiger partial charge in [-0.15, -0.1) is 12.4 Å². The molecule has 1 saturated carbocycles. The second-order valence-corrected chi connectivity index (χ2v) is 4.18. The topological polar surface area (TPSA) is 72.5 Å². The average molecular weight is 258 g/mol. The van der Waals surface area contributed by atoms with E-state index in [1.54, 1.807) is 18.2 Å². The van der Waals surface area contributed by atoms with E-state index in [0.717, 1.165) is 18.4 Å². The molecule has 5 heteroatoms. The lowest BCUT2D eigenvalue weighted by molar-refractivity contribution is -0.132. The van der Waals surface area contributed by atoms with Gasteiger partial charge in [0, 0.05) is 13.0 Å². The van der Waals surface area contributed by atoms with E-state index >= 15 is 0 Å². The molecule has 94 valence electrons. The molecular weight excluding hydrogens is 242 g/mol. The van der Waals surface area contributed by atoms with Gasteiger partial charge >= 0.3 is 5.97 Å². The maximum absolute atomic E-state index is 10.7. The van der Waals surface area contributed by atoms with Crippen LogP contribution in [0, 0.1) is 5.92 Å². The number of carbonyl (C=O) groups excluding carboxylic acids is 1. The number of esters is 1. The van der Waals surface area contributed by atoms with Crippen molar-refractivity contribution in [2.75, 3.05) is 0 Å². The summed E-state index contributed by atoms with van der Waals surface area (Å²) in [5.74, 6) is 0.219. The van der Waals surface area contributed by atoms with E-state index < -0.39 is 5.97 Å². The molecule has 1 fully saturated rings. The lowest BCUT2D eigenvalue weighted by atomic mass is 10.0. The van der Waals surface area contributed by atoms with Gasteiger partial charge in [0.2, 0.25) is 0 Å². The van der Waals surface area contributed by atoms with Crippen molar-refractivity contribution in [3.63, 3.8) is 0 Å². The van der Waals surface area contributed by atoms with Crippen molar-refractivity contribution in [3.8, 4) is 11.5 Å². The first-order valence-corrected chi connectivity index (χ1v) is 5.35. The van der Waals surface area contributed by atoms with Crippen LogP contribution in [-0.2, 0) is 4.79 Å². The number of phenols is 1. The van der Waals surface area contributed by atoms with Gasteiger partial charge in [-0.1, -0.05) is 6.07 Å². The highest BCUT2D eigenvalue weighted by Crippen LogP contribution is 2.41. The number of hydrogen-bond acceptors (Lipinski definition) is 4. The number of benzene rings is 1. The number of phenolic OH excluding ortho intramolecular Hbond substituents is 1. The minimum Gasteiger partial charge on any atom is -0.504 e. The molecule has 1 aliphatic carbocycles. The molecule has 0 unspecified atom stereocenters. The molecule has 0 radical (unpaired) electrons. The van der Waals surface area contributed by atoms with Crippen LogP contribution in [0.2, 0.25) is 0 Å². The fraction of sp³-hybridized carbons (Fsp3) is 0.417.